The number of fused-ring (bicyclic) bond motifs is 1. The Morgan fingerprint density at radius 1 is 1.28 bits per heavy atom. The molecule has 5 heteroatoms. The first-order chi connectivity index (χ1) is 8.74. The van der Waals surface area contributed by atoms with Gasteiger partial charge in [-0.25, -0.2) is 4.98 Å². The lowest BCUT2D eigenvalue weighted by Crippen LogP contribution is -2.04. The predicted octanol–water partition coefficient (Wildman–Crippen LogP) is 1.59. The van der Waals surface area contributed by atoms with Gasteiger partial charge in [-0.05, 0) is 24.3 Å². The molecule has 0 spiro atoms. The lowest BCUT2D eigenvalue weighted by Gasteiger charge is -2.05. The van der Waals surface area contributed by atoms with Crippen LogP contribution < -0.4 is 5.73 Å². The van der Waals surface area contributed by atoms with Crippen LogP contribution in [0.25, 0.3) is 11.0 Å². The summed E-state index contributed by atoms with van der Waals surface area (Å²) in [4.78, 5) is 4.36. The van der Waals surface area contributed by atoms with E-state index in [-0.39, 0.29) is 0 Å². The quantitative estimate of drug-likeness (QED) is 0.708. The second-order valence-electron chi connectivity index (χ2n) is 4.38. The molecule has 0 saturated heterocycles. The SMILES string of the molecule is Cn1nccc1CCn1cnc2cc(N)ccc21. The van der Waals surface area contributed by atoms with E-state index < -0.39 is 0 Å². The lowest BCUT2D eigenvalue weighted by molar-refractivity contribution is 0.646. The molecule has 18 heavy (non-hydrogen) atoms. The molecular weight excluding hydrogens is 226 g/mol. The van der Waals surface area contributed by atoms with Crippen LogP contribution in [0.1, 0.15) is 5.69 Å². The van der Waals surface area contributed by atoms with Crippen LogP contribution in [0.2, 0.25) is 0 Å². The van der Waals surface area contributed by atoms with Crippen LogP contribution in [0.3, 0.4) is 0 Å². The number of hydrogen-bond donors (Lipinski definition) is 1. The second kappa shape index (κ2) is 4.18. The largest absolute Gasteiger partial charge is 0.399 e. The number of nitrogen functional groups attached to an aromatic ring is 1. The number of rotatable bonds is 3. The van der Waals surface area contributed by atoms with Crippen molar-refractivity contribution in [2.75, 3.05) is 5.73 Å². The van der Waals surface area contributed by atoms with Gasteiger partial charge in [-0.15, -0.1) is 0 Å². The monoisotopic (exact) mass is 241 g/mol. The zero-order valence-corrected chi connectivity index (χ0v) is 10.2. The van der Waals surface area contributed by atoms with Gasteiger partial charge >= 0.3 is 0 Å². The zero-order valence-electron chi connectivity index (χ0n) is 10.2. The fraction of sp³-hybridized carbons (Fsp3) is 0.231. The Bertz CT molecular complexity index is 680. The first kappa shape index (κ1) is 10.8. The molecule has 0 saturated carbocycles. The van der Waals surface area contributed by atoms with Crippen molar-refractivity contribution in [3.8, 4) is 0 Å². The van der Waals surface area contributed by atoms with Crippen molar-refractivity contribution < 1.29 is 0 Å². The lowest BCUT2D eigenvalue weighted by atomic mass is 10.2. The fourth-order valence-corrected chi connectivity index (χ4v) is 2.14. The van der Waals surface area contributed by atoms with Gasteiger partial charge in [0.1, 0.15) is 0 Å². The first-order valence-electron chi connectivity index (χ1n) is 5.91. The third-order valence-corrected chi connectivity index (χ3v) is 3.18. The van der Waals surface area contributed by atoms with Crippen molar-refractivity contribution >= 4 is 16.7 Å². The van der Waals surface area contributed by atoms with E-state index in [1.807, 2.05) is 48.5 Å². The average Bonchev–Trinajstić information content (AvgIpc) is 2.93. The van der Waals surface area contributed by atoms with Crippen LogP contribution in [0.5, 0.6) is 0 Å². The van der Waals surface area contributed by atoms with Gasteiger partial charge in [-0.1, -0.05) is 0 Å². The third-order valence-electron chi connectivity index (χ3n) is 3.18. The Kier molecular flexibility index (Phi) is 2.51. The maximum absolute atomic E-state index is 5.74. The fourth-order valence-electron chi connectivity index (χ4n) is 2.14. The highest BCUT2D eigenvalue weighted by atomic mass is 15.3. The van der Waals surface area contributed by atoms with Crippen LogP contribution >= 0.6 is 0 Å². The Morgan fingerprint density at radius 3 is 2.94 bits per heavy atom. The molecule has 0 aliphatic rings. The summed E-state index contributed by atoms with van der Waals surface area (Å²) >= 11 is 0. The number of nitrogens with two attached hydrogens (primary N) is 1. The molecule has 2 N–H and O–H groups in total. The molecule has 2 aromatic heterocycles. The Labute approximate surface area is 105 Å². The molecule has 0 aliphatic heterocycles. The van der Waals surface area contributed by atoms with Gasteiger partial charge in [0.2, 0.25) is 0 Å². The summed E-state index contributed by atoms with van der Waals surface area (Å²) in [6.45, 7) is 0.889. The highest BCUT2D eigenvalue weighted by Gasteiger charge is 2.04. The number of imidazole rings is 1. The van der Waals surface area contributed by atoms with Gasteiger partial charge in [0.15, 0.2) is 0 Å². The summed E-state index contributed by atoms with van der Waals surface area (Å²) in [5.74, 6) is 0. The maximum atomic E-state index is 5.74. The second-order valence-corrected chi connectivity index (χ2v) is 4.38. The molecule has 2 heterocycles. The van der Waals surface area contributed by atoms with Crippen LogP contribution in [0, 0.1) is 0 Å². The minimum Gasteiger partial charge on any atom is -0.399 e. The number of aromatic nitrogens is 4. The molecule has 92 valence electrons. The molecule has 5 nitrogen and oxygen atoms in total. The van der Waals surface area contributed by atoms with Gasteiger partial charge in [0.05, 0.1) is 17.4 Å². The van der Waals surface area contributed by atoms with Gasteiger partial charge in [-0.2, -0.15) is 5.10 Å². The van der Waals surface area contributed by atoms with Crippen molar-refractivity contribution in [2.45, 2.75) is 13.0 Å². The molecule has 0 amide bonds. The van der Waals surface area contributed by atoms with Gasteiger partial charge < -0.3 is 10.3 Å². The Hall–Kier alpha value is -2.30. The Balaban J connectivity index is 1.85. The molecular formula is C13H15N5. The summed E-state index contributed by atoms with van der Waals surface area (Å²) in [6.07, 6.45) is 4.62. The normalized spacial score (nSPS) is 11.2. The standard InChI is InChI=1S/C13H15N5/c1-17-11(4-6-16-17)5-7-18-9-15-12-8-10(14)2-3-13(12)18/h2-4,6,8-9H,5,7,14H2,1H3. The summed E-state index contributed by atoms with van der Waals surface area (Å²) < 4.78 is 4.04. The van der Waals surface area contributed by atoms with Gasteiger partial charge in [0, 0.05) is 37.6 Å². The topological polar surface area (TPSA) is 61.7 Å². The summed E-state index contributed by atoms with van der Waals surface area (Å²) in [5, 5.41) is 4.17. The molecule has 0 radical (unpaired) electrons. The highest BCUT2D eigenvalue weighted by molar-refractivity contribution is 5.78. The van der Waals surface area contributed by atoms with E-state index in [0.717, 1.165) is 29.7 Å². The predicted molar refractivity (Wildman–Crippen MR) is 71.1 cm³/mol. The van der Waals surface area contributed by atoms with Crippen molar-refractivity contribution in [2.24, 2.45) is 7.05 Å². The Morgan fingerprint density at radius 2 is 2.17 bits per heavy atom. The first-order valence-corrected chi connectivity index (χ1v) is 5.91. The van der Waals surface area contributed by atoms with E-state index in [0.29, 0.717) is 0 Å². The van der Waals surface area contributed by atoms with E-state index in [2.05, 4.69) is 14.6 Å². The van der Waals surface area contributed by atoms with Crippen molar-refractivity contribution in [3.05, 3.63) is 42.5 Å². The molecule has 0 unspecified atom stereocenters. The molecule has 0 bridgehead atoms. The smallest absolute Gasteiger partial charge is 0.0958 e. The minimum absolute atomic E-state index is 0.749. The zero-order chi connectivity index (χ0) is 12.5. The molecule has 3 rings (SSSR count). The third kappa shape index (κ3) is 1.84. The van der Waals surface area contributed by atoms with E-state index in [1.165, 1.54) is 5.69 Å². The van der Waals surface area contributed by atoms with Gasteiger partial charge in [0.25, 0.3) is 0 Å². The van der Waals surface area contributed by atoms with Crippen LogP contribution in [0.4, 0.5) is 5.69 Å². The number of anilines is 1. The summed E-state index contributed by atoms with van der Waals surface area (Å²) in [6, 6.07) is 7.86. The highest BCUT2D eigenvalue weighted by Crippen LogP contribution is 2.16. The van der Waals surface area contributed by atoms with Gasteiger partial charge in [-0.3, -0.25) is 4.68 Å². The summed E-state index contributed by atoms with van der Waals surface area (Å²) in [5.41, 5.74) is 9.77. The van der Waals surface area contributed by atoms with Crippen LogP contribution in [0.15, 0.2) is 36.8 Å². The number of aryl methyl sites for hydroxylation is 3. The molecule has 0 atom stereocenters. The number of nitrogens with zero attached hydrogens (tertiary/aromatic N) is 4. The molecule has 0 aliphatic carbocycles. The summed E-state index contributed by atoms with van der Waals surface area (Å²) in [7, 11) is 1.96. The molecule has 3 aromatic rings. The van der Waals surface area contributed by atoms with E-state index in [1.54, 1.807) is 0 Å². The number of hydrogen-bond acceptors (Lipinski definition) is 3. The maximum Gasteiger partial charge on any atom is 0.0958 e. The molecule has 1 aromatic carbocycles. The van der Waals surface area contributed by atoms with Crippen LogP contribution in [-0.2, 0) is 20.0 Å². The minimum atomic E-state index is 0.749. The van der Waals surface area contributed by atoms with Crippen LogP contribution in [-0.4, -0.2) is 19.3 Å². The molecule has 0 fully saturated rings. The van der Waals surface area contributed by atoms with E-state index in [9.17, 15) is 0 Å². The average molecular weight is 241 g/mol. The number of benzene rings is 1. The van der Waals surface area contributed by atoms with Crippen molar-refractivity contribution in [1.29, 1.82) is 0 Å². The van der Waals surface area contributed by atoms with Crippen molar-refractivity contribution in [1.82, 2.24) is 19.3 Å². The van der Waals surface area contributed by atoms with E-state index >= 15 is 0 Å². The van der Waals surface area contributed by atoms with Crippen molar-refractivity contribution in [3.63, 3.8) is 0 Å². The van der Waals surface area contributed by atoms with E-state index in [4.69, 9.17) is 5.73 Å².